The molecule has 1 aromatic heterocycles. The molecule has 1 saturated carbocycles. The van der Waals surface area contributed by atoms with Gasteiger partial charge < -0.3 is 10.1 Å². The van der Waals surface area contributed by atoms with Gasteiger partial charge in [0.1, 0.15) is 5.75 Å². The average Bonchev–Trinajstić information content (AvgIpc) is 3.37. The first-order chi connectivity index (χ1) is 12.6. The summed E-state index contributed by atoms with van der Waals surface area (Å²) < 4.78 is 5.21. The Labute approximate surface area is 153 Å². The minimum Gasteiger partial charge on any atom is -0.497 e. The van der Waals surface area contributed by atoms with Gasteiger partial charge in [-0.05, 0) is 61.8 Å². The summed E-state index contributed by atoms with van der Waals surface area (Å²) >= 11 is 0. The summed E-state index contributed by atoms with van der Waals surface area (Å²) in [7, 11) is 1.65. The third kappa shape index (κ3) is 3.26. The summed E-state index contributed by atoms with van der Waals surface area (Å²) in [5, 5.41) is 10.6. The van der Waals surface area contributed by atoms with E-state index in [0.717, 1.165) is 40.7 Å². The number of ether oxygens (including phenoxy) is 1. The van der Waals surface area contributed by atoms with Crippen molar-refractivity contribution >= 4 is 5.91 Å². The highest BCUT2D eigenvalue weighted by atomic mass is 16.5. The second-order valence-electron chi connectivity index (χ2n) is 7.43. The lowest BCUT2D eigenvalue weighted by Gasteiger charge is -2.18. The molecular formula is C21H25N3O2. The van der Waals surface area contributed by atoms with Crippen LogP contribution in [-0.4, -0.2) is 29.8 Å². The molecule has 3 atom stereocenters. The van der Waals surface area contributed by atoms with Crippen molar-refractivity contribution in [2.45, 2.75) is 26.2 Å². The summed E-state index contributed by atoms with van der Waals surface area (Å²) in [6.07, 6.45) is 7.48. The first kappa shape index (κ1) is 16.9. The molecule has 5 heteroatoms. The molecule has 0 saturated heterocycles. The molecule has 0 radical (unpaired) electrons. The first-order valence-electron chi connectivity index (χ1n) is 9.27. The maximum Gasteiger partial charge on any atom is 0.224 e. The Bertz CT molecular complexity index is 822. The molecule has 0 aliphatic heterocycles. The maximum atomic E-state index is 12.5. The van der Waals surface area contributed by atoms with E-state index in [2.05, 4.69) is 27.7 Å². The van der Waals surface area contributed by atoms with E-state index in [1.807, 2.05) is 31.2 Å². The molecule has 1 fully saturated rings. The van der Waals surface area contributed by atoms with E-state index in [1.54, 1.807) is 7.11 Å². The predicted octanol–water partition coefficient (Wildman–Crippen LogP) is 3.26. The highest BCUT2D eigenvalue weighted by Gasteiger charge is 2.35. The molecule has 1 heterocycles. The van der Waals surface area contributed by atoms with Crippen molar-refractivity contribution in [2.75, 3.05) is 13.7 Å². The number of nitrogens with one attached hydrogen (secondary N) is 2. The monoisotopic (exact) mass is 351 g/mol. The smallest absolute Gasteiger partial charge is 0.224 e. The van der Waals surface area contributed by atoms with Crippen LogP contribution in [0.3, 0.4) is 0 Å². The molecule has 2 bridgehead atoms. The fourth-order valence-electron chi connectivity index (χ4n) is 4.25. The first-order valence-corrected chi connectivity index (χ1v) is 9.27. The number of aryl methyl sites for hydroxylation is 1. The zero-order valence-electron chi connectivity index (χ0n) is 15.3. The number of amides is 1. The zero-order valence-corrected chi connectivity index (χ0v) is 15.3. The molecule has 2 N–H and O–H groups in total. The summed E-state index contributed by atoms with van der Waals surface area (Å²) in [6.45, 7) is 2.74. The molecule has 2 aromatic rings. The summed E-state index contributed by atoms with van der Waals surface area (Å²) in [5.74, 6) is 2.86. The topological polar surface area (TPSA) is 67.0 Å². The molecule has 5 nitrogen and oxygen atoms in total. The van der Waals surface area contributed by atoms with Gasteiger partial charge in [-0.1, -0.05) is 12.2 Å². The Hall–Kier alpha value is -2.56. The highest BCUT2D eigenvalue weighted by Crippen LogP contribution is 2.42. The van der Waals surface area contributed by atoms with E-state index in [4.69, 9.17) is 4.74 Å². The van der Waals surface area contributed by atoms with Crippen LogP contribution in [0.2, 0.25) is 0 Å². The van der Waals surface area contributed by atoms with Crippen LogP contribution in [-0.2, 0) is 11.2 Å². The van der Waals surface area contributed by atoms with Crippen molar-refractivity contribution in [1.29, 1.82) is 0 Å². The number of benzene rings is 1. The quantitative estimate of drug-likeness (QED) is 0.785. The fourth-order valence-corrected chi connectivity index (χ4v) is 4.25. The minimum atomic E-state index is 0.0658. The lowest BCUT2D eigenvalue weighted by molar-refractivity contribution is -0.120. The number of hydrogen-bond donors (Lipinski definition) is 2. The summed E-state index contributed by atoms with van der Waals surface area (Å²) in [4.78, 5) is 12.5. The van der Waals surface area contributed by atoms with Crippen molar-refractivity contribution in [3.63, 3.8) is 0 Å². The number of methoxy groups -OCH3 is 1. The third-order valence-electron chi connectivity index (χ3n) is 5.75. The fraction of sp³-hybridized carbons (Fsp3) is 0.429. The third-order valence-corrected chi connectivity index (χ3v) is 5.75. The second-order valence-corrected chi connectivity index (χ2v) is 7.43. The standard InChI is InChI=1S/C21H25N3O2/c1-13-19(21(24-23-13)15-5-7-18(26-2)8-6-15)11-20(25)22-12-17-10-14-3-4-16(17)9-14/h3-8,14,16-17H,9-12H2,1-2H3,(H,22,25)(H,23,24). The molecule has 3 unspecified atom stereocenters. The summed E-state index contributed by atoms with van der Waals surface area (Å²) in [6, 6.07) is 7.76. The normalized spacial score (nSPS) is 23.4. The van der Waals surface area contributed by atoms with Crippen LogP contribution in [0.1, 0.15) is 24.1 Å². The van der Waals surface area contributed by atoms with Crippen LogP contribution in [0.15, 0.2) is 36.4 Å². The van der Waals surface area contributed by atoms with Gasteiger partial charge in [-0.3, -0.25) is 9.89 Å². The van der Waals surface area contributed by atoms with Gasteiger partial charge in [0.15, 0.2) is 0 Å². The van der Waals surface area contributed by atoms with E-state index in [1.165, 1.54) is 12.8 Å². The van der Waals surface area contributed by atoms with Gasteiger partial charge in [0, 0.05) is 23.4 Å². The SMILES string of the molecule is COc1ccc(-c2n[nH]c(C)c2CC(=O)NCC2CC3C=CC2C3)cc1. The van der Waals surface area contributed by atoms with Crippen LogP contribution in [0.4, 0.5) is 0 Å². The molecule has 136 valence electrons. The lowest BCUT2D eigenvalue weighted by atomic mass is 9.93. The van der Waals surface area contributed by atoms with Crippen molar-refractivity contribution in [2.24, 2.45) is 17.8 Å². The molecule has 2 aliphatic carbocycles. The number of carbonyl (C=O) groups is 1. The number of nitrogens with zero attached hydrogens (tertiary/aromatic N) is 1. The largest absolute Gasteiger partial charge is 0.497 e. The number of aromatic amines is 1. The van der Waals surface area contributed by atoms with E-state index in [0.29, 0.717) is 18.3 Å². The van der Waals surface area contributed by atoms with Gasteiger partial charge in [0.25, 0.3) is 0 Å². The predicted molar refractivity (Wildman–Crippen MR) is 101 cm³/mol. The van der Waals surface area contributed by atoms with Crippen LogP contribution in [0.25, 0.3) is 11.3 Å². The molecule has 0 spiro atoms. The zero-order chi connectivity index (χ0) is 18.1. The highest BCUT2D eigenvalue weighted by molar-refractivity contribution is 5.81. The lowest BCUT2D eigenvalue weighted by Crippen LogP contribution is -2.32. The van der Waals surface area contributed by atoms with Gasteiger partial charge in [-0.2, -0.15) is 5.10 Å². The number of hydrogen-bond acceptors (Lipinski definition) is 3. The van der Waals surface area contributed by atoms with Crippen LogP contribution >= 0.6 is 0 Å². The number of allylic oxidation sites excluding steroid dienone is 2. The number of aromatic nitrogens is 2. The van der Waals surface area contributed by atoms with Gasteiger partial charge in [0.05, 0.1) is 19.2 Å². The maximum absolute atomic E-state index is 12.5. The van der Waals surface area contributed by atoms with Crippen molar-refractivity contribution in [1.82, 2.24) is 15.5 Å². The van der Waals surface area contributed by atoms with Gasteiger partial charge >= 0.3 is 0 Å². The second kappa shape index (κ2) is 6.98. The Morgan fingerprint density at radius 1 is 1.27 bits per heavy atom. The number of rotatable bonds is 6. The molecule has 1 amide bonds. The van der Waals surface area contributed by atoms with E-state index in [-0.39, 0.29) is 5.91 Å². The number of carbonyl (C=O) groups excluding carboxylic acids is 1. The van der Waals surface area contributed by atoms with E-state index >= 15 is 0 Å². The molecule has 2 aliphatic rings. The molecule has 26 heavy (non-hydrogen) atoms. The Morgan fingerprint density at radius 2 is 2.08 bits per heavy atom. The van der Waals surface area contributed by atoms with Crippen LogP contribution in [0.5, 0.6) is 5.75 Å². The Balaban J connectivity index is 1.41. The Kier molecular flexibility index (Phi) is 4.53. The number of fused-ring (bicyclic) bond motifs is 2. The minimum absolute atomic E-state index is 0.0658. The van der Waals surface area contributed by atoms with Crippen molar-refractivity contribution in [3.05, 3.63) is 47.7 Å². The Morgan fingerprint density at radius 3 is 2.73 bits per heavy atom. The van der Waals surface area contributed by atoms with E-state index < -0.39 is 0 Å². The van der Waals surface area contributed by atoms with Gasteiger partial charge in [-0.15, -0.1) is 0 Å². The van der Waals surface area contributed by atoms with Crippen LogP contribution in [0, 0.1) is 24.7 Å². The van der Waals surface area contributed by atoms with E-state index in [9.17, 15) is 4.79 Å². The van der Waals surface area contributed by atoms with Gasteiger partial charge in [0.2, 0.25) is 5.91 Å². The molecule has 1 aromatic carbocycles. The molecule has 4 rings (SSSR count). The average molecular weight is 351 g/mol. The van der Waals surface area contributed by atoms with Gasteiger partial charge in [-0.25, -0.2) is 0 Å². The summed E-state index contributed by atoms with van der Waals surface area (Å²) in [5.41, 5.74) is 3.72. The molecular weight excluding hydrogens is 326 g/mol. The van der Waals surface area contributed by atoms with Crippen molar-refractivity contribution in [3.8, 4) is 17.0 Å². The van der Waals surface area contributed by atoms with Crippen LogP contribution < -0.4 is 10.1 Å². The van der Waals surface area contributed by atoms with Crippen molar-refractivity contribution < 1.29 is 9.53 Å². The number of H-pyrrole nitrogens is 1.